The molecule has 144 valence electrons. The first-order valence-electron chi connectivity index (χ1n) is 9.88. The molecule has 0 radical (unpaired) electrons. The van der Waals surface area contributed by atoms with E-state index in [-0.39, 0.29) is 17.7 Å². The van der Waals surface area contributed by atoms with Crippen molar-refractivity contribution in [1.29, 1.82) is 0 Å². The summed E-state index contributed by atoms with van der Waals surface area (Å²) in [6, 6.07) is 16.1. The zero-order chi connectivity index (χ0) is 19.5. The topological polar surface area (TPSA) is 66.5 Å². The standard InChI is InChI=1S/C23H24N2O3/c26-15-16-1-7-20(8-2-16)25-13-11-18(12-14-25)17-3-5-19(6-4-17)21-9-10-22(27)24-23(21)28/h1-8,15,18,21H,9-14H2,(H,24,27,28). The Hall–Kier alpha value is -2.95. The third kappa shape index (κ3) is 3.84. The molecular formula is C23H24N2O3. The van der Waals surface area contributed by atoms with Crippen LogP contribution in [0.15, 0.2) is 48.5 Å². The van der Waals surface area contributed by atoms with Crippen molar-refractivity contribution in [3.63, 3.8) is 0 Å². The molecule has 1 unspecified atom stereocenters. The Morgan fingerprint density at radius 2 is 1.50 bits per heavy atom. The van der Waals surface area contributed by atoms with Gasteiger partial charge < -0.3 is 4.90 Å². The van der Waals surface area contributed by atoms with Gasteiger partial charge in [-0.2, -0.15) is 0 Å². The molecule has 28 heavy (non-hydrogen) atoms. The van der Waals surface area contributed by atoms with Gasteiger partial charge in [-0.05, 0) is 60.6 Å². The van der Waals surface area contributed by atoms with Crippen LogP contribution in [0.25, 0.3) is 0 Å². The average Bonchev–Trinajstić information content (AvgIpc) is 2.74. The molecule has 5 nitrogen and oxygen atoms in total. The summed E-state index contributed by atoms with van der Waals surface area (Å²) < 4.78 is 0. The summed E-state index contributed by atoms with van der Waals surface area (Å²) in [6.45, 7) is 1.97. The lowest BCUT2D eigenvalue weighted by Gasteiger charge is -2.34. The van der Waals surface area contributed by atoms with Gasteiger partial charge in [0.25, 0.3) is 0 Å². The molecule has 2 saturated heterocycles. The predicted molar refractivity (Wildman–Crippen MR) is 108 cm³/mol. The Labute approximate surface area is 164 Å². The van der Waals surface area contributed by atoms with E-state index in [0.29, 0.717) is 24.3 Å². The largest absolute Gasteiger partial charge is 0.371 e. The summed E-state index contributed by atoms with van der Waals surface area (Å²) >= 11 is 0. The van der Waals surface area contributed by atoms with Crippen LogP contribution in [0.1, 0.15) is 59.0 Å². The minimum Gasteiger partial charge on any atom is -0.371 e. The maximum atomic E-state index is 12.0. The van der Waals surface area contributed by atoms with E-state index >= 15 is 0 Å². The minimum atomic E-state index is -0.220. The minimum absolute atomic E-state index is 0.176. The number of aldehydes is 1. The van der Waals surface area contributed by atoms with Gasteiger partial charge >= 0.3 is 0 Å². The molecule has 4 rings (SSSR count). The van der Waals surface area contributed by atoms with Crippen LogP contribution >= 0.6 is 0 Å². The number of piperidine rings is 2. The molecule has 0 aliphatic carbocycles. The number of nitrogens with zero attached hydrogens (tertiary/aromatic N) is 1. The van der Waals surface area contributed by atoms with Crippen molar-refractivity contribution >= 4 is 23.8 Å². The molecule has 1 atom stereocenters. The number of carbonyl (C=O) groups is 3. The summed E-state index contributed by atoms with van der Waals surface area (Å²) in [6.07, 6.45) is 4.02. The predicted octanol–water partition coefficient (Wildman–Crippen LogP) is 3.40. The van der Waals surface area contributed by atoms with Crippen LogP contribution in [-0.4, -0.2) is 31.2 Å². The first-order chi connectivity index (χ1) is 13.6. The molecule has 2 amide bonds. The maximum Gasteiger partial charge on any atom is 0.234 e. The summed E-state index contributed by atoms with van der Waals surface area (Å²) in [5, 5.41) is 2.43. The fourth-order valence-electron chi connectivity index (χ4n) is 4.25. The fraction of sp³-hybridized carbons (Fsp3) is 0.348. The summed E-state index contributed by atoms with van der Waals surface area (Å²) in [5.74, 6) is -0.0624. The van der Waals surface area contributed by atoms with Crippen LogP contribution < -0.4 is 10.2 Å². The average molecular weight is 376 g/mol. The van der Waals surface area contributed by atoms with E-state index in [4.69, 9.17) is 0 Å². The molecule has 0 saturated carbocycles. The van der Waals surface area contributed by atoms with Gasteiger partial charge in [0, 0.05) is 30.8 Å². The second-order valence-electron chi connectivity index (χ2n) is 7.64. The number of nitrogens with one attached hydrogen (secondary N) is 1. The molecule has 2 heterocycles. The first kappa shape index (κ1) is 18.4. The van der Waals surface area contributed by atoms with E-state index in [0.717, 1.165) is 43.5 Å². The number of hydrogen-bond donors (Lipinski definition) is 1. The highest BCUT2D eigenvalue weighted by molar-refractivity contribution is 6.00. The first-order valence-corrected chi connectivity index (χ1v) is 9.88. The van der Waals surface area contributed by atoms with Gasteiger partial charge in [-0.25, -0.2) is 0 Å². The highest BCUT2D eigenvalue weighted by atomic mass is 16.2. The molecule has 2 aliphatic heterocycles. The molecule has 2 fully saturated rings. The molecule has 0 bridgehead atoms. The quantitative estimate of drug-likeness (QED) is 0.656. The fourth-order valence-corrected chi connectivity index (χ4v) is 4.25. The molecule has 5 heteroatoms. The zero-order valence-electron chi connectivity index (χ0n) is 15.8. The third-order valence-corrected chi connectivity index (χ3v) is 5.94. The lowest BCUT2D eigenvalue weighted by Crippen LogP contribution is -2.39. The van der Waals surface area contributed by atoms with Crippen molar-refractivity contribution in [2.45, 2.75) is 37.5 Å². The Bertz CT molecular complexity index is 866. The van der Waals surface area contributed by atoms with Crippen molar-refractivity contribution in [2.75, 3.05) is 18.0 Å². The lowest BCUT2D eigenvalue weighted by molar-refractivity contribution is -0.134. The van der Waals surface area contributed by atoms with Crippen LogP contribution in [-0.2, 0) is 9.59 Å². The molecule has 1 N–H and O–H groups in total. The number of carbonyl (C=O) groups excluding carboxylic acids is 3. The number of hydrogen-bond acceptors (Lipinski definition) is 4. The molecular weight excluding hydrogens is 352 g/mol. The van der Waals surface area contributed by atoms with Crippen molar-refractivity contribution in [3.05, 3.63) is 65.2 Å². The van der Waals surface area contributed by atoms with Gasteiger partial charge in [0.15, 0.2) is 0 Å². The highest BCUT2D eigenvalue weighted by Crippen LogP contribution is 2.32. The Kier molecular flexibility index (Phi) is 5.24. The van der Waals surface area contributed by atoms with Crippen LogP contribution in [0.2, 0.25) is 0 Å². The SMILES string of the molecule is O=Cc1ccc(N2CCC(c3ccc(C4CCC(=O)NC4=O)cc3)CC2)cc1. The molecule has 0 spiro atoms. The van der Waals surface area contributed by atoms with E-state index < -0.39 is 0 Å². The maximum absolute atomic E-state index is 12.0. The van der Waals surface area contributed by atoms with Crippen molar-refractivity contribution in [2.24, 2.45) is 0 Å². The van der Waals surface area contributed by atoms with Crippen molar-refractivity contribution in [1.82, 2.24) is 5.32 Å². The normalized spacial score (nSPS) is 20.7. The van der Waals surface area contributed by atoms with Gasteiger partial charge in [-0.15, -0.1) is 0 Å². The number of anilines is 1. The zero-order valence-corrected chi connectivity index (χ0v) is 15.8. The second-order valence-corrected chi connectivity index (χ2v) is 7.64. The lowest BCUT2D eigenvalue weighted by atomic mass is 9.86. The Balaban J connectivity index is 1.37. The summed E-state index contributed by atoms with van der Waals surface area (Å²) in [7, 11) is 0. The Morgan fingerprint density at radius 1 is 0.857 bits per heavy atom. The van der Waals surface area contributed by atoms with E-state index in [1.807, 2.05) is 36.4 Å². The Morgan fingerprint density at radius 3 is 2.11 bits per heavy atom. The monoisotopic (exact) mass is 376 g/mol. The number of amides is 2. The highest BCUT2D eigenvalue weighted by Gasteiger charge is 2.28. The summed E-state index contributed by atoms with van der Waals surface area (Å²) in [4.78, 5) is 36.5. The van der Waals surface area contributed by atoms with Gasteiger partial charge in [0.05, 0.1) is 5.92 Å². The van der Waals surface area contributed by atoms with E-state index in [9.17, 15) is 14.4 Å². The number of imide groups is 1. The molecule has 0 aromatic heterocycles. The second kappa shape index (κ2) is 7.97. The molecule has 2 aromatic carbocycles. The van der Waals surface area contributed by atoms with Crippen LogP contribution in [0.5, 0.6) is 0 Å². The van der Waals surface area contributed by atoms with Crippen molar-refractivity contribution < 1.29 is 14.4 Å². The van der Waals surface area contributed by atoms with Crippen LogP contribution in [0.4, 0.5) is 5.69 Å². The molecule has 2 aromatic rings. The molecule has 2 aliphatic rings. The van der Waals surface area contributed by atoms with Gasteiger partial charge in [0.2, 0.25) is 11.8 Å². The van der Waals surface area contributed by atoms with Gasteiger partial charge in [-0.1, -0.05) is 24.3 Å². The van der Waals surface area contributed by atoms with Gasteiger partial charge in [0.1, 0.15) is 6.29 Å². The van der Waals surface area contributed by atoms with E-state index in [1.54, 1.807) is 0 Å². The van der Waals surface area contributed by atoms with Crippen molar-refractivity contribution in [3.8, 4) is 0 Å². The smallest absolute Gasteiger partial charge is 0.234 e. The van der Waals surface area contributed by atoms with E-state index in [1.165, 1.54) is 5.56 Å². The van der Waals surface area contributed by atoms with Gasteiger partial charge in [-0.3, -0.25) is 19.7 Å². The number of benzene rings is 2. The third-order valence-electron chi connectivity index (χ3n) is 5.94. The van der Waals surface area contributed by atoms with Crippen LogP contribution in [0, 0.1) is 0 Å². The number of rotatable bonds is 4. The van der Waals surface area contributed by atoms with Crippen LogP contribution in [0.3, 0.4) is 0 Å². The van der Waals surface area contributed by atoms with E-state index in [2.05, 4.69) is 22.3 Å². The summed E-state index contributed by atoms with van der Waals surface area (Å²) in [5.41, 5.74) is 4.17.